The van der Waals surface area contributed by atoms with E-state index in [4.69, 9.17) is 22.1 Å². The molecule has 0 saturated heterocycles. The Morgan fingerprint density at radius 2 is 2.05 bits per heavy atom. The fourth-order valence-corrected chi connectivity index (χ4v) is 2.07. The lowest BCUT2D eigenvalue weighted by Crippen LogP contribution is -2.09. The lowest BCUT2D eigenvalue weighted by atomic mass is 10.1. The van der Waals surface area contributed by atoms with Crippen LogP contribution < -0.4 is 10.5 Å². The average molecular weight is 311 g/mol. The molecule has 0 aliphatic carbocycles. The molecule has 7 heteroatoms. The van der Waals surface area contributed by atoms with Gasteiger partial charge in [0.05, 0.1) is 9.95 Å². The quantitative estimate of drug-likeness (QED) is 0.678. The second-order valence-electron chi connectivity index (χ2n) is 4.41. The molecule has 0 heterocycles. The number of ether oxygens (including phenoxy) is 1. The summed E-state index contributed by atoms with van der Waals surface area (Å²) in [5.74, 6) is -0.0731. The van der Waals surface area contributed by atoms with Gasteiger partial charge in [-0.05, 0) is 25.1 Å². The molecule has 2 aromatic carbocycles. The normalized spacial score (nSPS) is 12.0. The summed E-state index contributed by atoms with van der Waals surface area (Å²) in [6.45, 7) is 1.63. The summed E-state index contributed by atoms with van der Waals surface area (Å²) in [7, 11) is 0. The van der Waals surface area contributed by atoms with E-state index < -0.39 is 16.8 Å². The van der Waals surface area contributed by atoms with Gasteiger partial charge in [0.1, 0.15) is 17.3 Å². The van der Waals surface area contributed by atoms with Crippen molar-refractivity contribution in [1.29, 1.82) is 0 Å². The minimum Gasteiger partial charge on any atom is -0.455 e. The van der Waals surface area contributed by atoms with Gasteiger partial charge in [0.2, 0.25) is 0 Å². The summed E-state index contributed by atoms with van der Waals surface area (Å²) in [5, 5.41) is 10.7. The van der Waals surface area contributed by atoms with Crippen LogP contribution in [0.2, 0.25) is 5.02 Å². The Labute approximate surface area is 125 Å². The van der Waals surface area contributed by atoms with Crippen molar-refractivity contribution >= 4 is 17.3 Å². The van der Waals surface area contributed by atoms with Crippen molar-refractivity contribution in [1.82, 2.24) is 0 Å². The van der Waals surface area contributed by atoms with Crippen molar-refractivity contribution in [3.8, 4) is 11.5 Å². The summed E-state index contributed by atoms with van der Waals surface area (Å²) in [6.07, 6.45) is 0. The number of nitrogens with two attached hydrogens (primary N) is 1. The van der Waals surface area contributed by atoms with Crippen LogP contribution in [-0.2, 0) is 0 Å². The van der Waals surface area contributed by atoms with Crippen molar-refractivity contribution in [2.45, 2.75) is 13.0 Å². The van der Waals surface area contributed by atoms with Crippen molar-refractivity contribution in [3.05, 3.63) is 62.9 Å². The van der Waals surface area contributed by atoms with E-state index in [1.54, 1.807) is 13.0 Å². The third-order valence-corrected chi connectivity index (χ3v) is 3.11. The predicted molar refractivity (Wildman–Crippen MR) is 77.2 cm³/mol. The van der Waals surface area contributed by atoms with Gasteiger partial charge in [-0.1, -0.05) is 17.7 Å². The number of hydrogen-bond acceptors (Lipinski definition) is 4. The molecular weight excluding hydrogens is 299 g/mol. The Kier molecular flexibility index (Phi) is 4.40. The molecule has 0 radical (unpaired) electrons. The first-order chi connectivity index (χ1) is 9.90. The number of benzene rings is 2. The van der Waals surface area contributed by atoms with Gasteiger partial charge in [-0.25, -0.2) is 4.39 Å². The average Bonchev–Trinajstić information content (AvgIpc) is 2.40. The van der Waals surface area contributed by atoms with Crippen LogP contribution in [-0.4, -0.2) is 4.92 Å². The third kappa shape index (κ3) is 3.29. The molecule has 0 aromatic heterocycles. The highest BCUT2D eigenvalue weighted by molar-refractivity contribution is 6.32. The minimum atomic E-state index is -0.571. The van der Waals surface area contributed by atoms with Crippen LogP contribution in [0, 0.1) is 15.9 Å². The van der Waals surface area contributed by atoms with E-state index in [0.29, 0.717) is 0 Å². The van der Waals surface area contributed by atoms with E-state index in [1.165, 1.54) is 30.3 Å². The standard InChI is InChI=1S/C14H12ClFN2O3/c1-8(17)14-11(16)3-2-4-13(14)21-12-6-5-9(18(19)20)7-10(12)15/h2-8H,17H2,1H3. The topological polar surface area (TPSA) is 78.4 Å². The van der Waals surface area contributed by atoms with Gasteiger partial charge in [-0.2, -0.15) is 0 Å². The molecule has 0 saturated carbocycles. The predicted octanol–water partition coefficient (Wildman–Crippen LogP) is 4.20. The van der Waals surface area contributed by atoms with Crippen LogP contribution in [0.25, 0.3) is 0 Å². The van der Waals surface area contributed by atoms with Crippen molar-refractivity contribution in [3.63, 3.8) is 0 Å². The van der Waals surface area contributed by atoms with Gasteiger partial charge < -0.3 is 10.5 Å². The van der Waals surface area contributed by atoms with E-state index >= 15 is 0 Å². The van der Waals surface area contributed by atoms with Crippen LogP contribution in [0.1, 0.15) is 18.5 Å². The first kappa shape index (κ1) is 15.2. The minimum absolute atomic E-state index is 0.0593. The lowest BCUT2D eigenvalue weighted by Gasteiger charge is -2.15. The molecule has 2 aromatic rings. The van der Waals surface area contributed by atoms with Crippen LogP contribution in [0.4, 0.5) is 10.1 Å². The Hall–Kier alpha value is -2.18. The van der Waals surface area contributed by atoms with Gasteiger partial charge in [0.15, 0.2) is 0 Å². The maximum atomic E-state index is 13.8. The van der Waals surface area contributed by atoms with Crippen LogP contribution in [0.3, 0.4) is 0 Å². The van der Waals surface area contributed by atoms with Gasteiger partial charge >= 0.3 is 0 Å². The fourth-order valence-electron chi connectivity index (χ4n) is 1.85. The number of nitro groups is 1. The zero-order chi connectivity index (χ0) is 15.6. The third-order valence-electron chi connectivity index (χ3n) is 2.81. The maximum Gasteiger partial charge on any atom is 0.271 e. The summed E-state index contributed by atoms with van der Waals surface area (Å²) < 4.78 is 19.3. The molecule has 0 spiro atoms. The highest BCUT2D eigenvalue weighted by Gasteiger charge is 2.16. The monoisotopic (exact) mass is 310 g/mol. The molecule has 110 valence electrons. The van der Waals surface area contributed by atoms with Crippen LogP contribution in [0.5, 0.6) is 11.5 Å². The molecule has 5 nitrogen and oxygen atoms in total. The number of non-ortho nitro benzene ring substituents is 1. The second-order valence-corrected chi connectivity index (χ2v) is 4.82. The number of hydrogen-bond donors (Lipinski definition) is 1. The molecule has 1 atom stereocenters. The molecule has 0 fully saturated rings. The van der Waals surface area contributed by atoms with Gasteiger partial charge in [-0.15, -0.1) is 0 Å². The zero-order valence-electron chi connectivity index (χ0n) is 11.0. The van der Waals surface area contributed by atoms with Crippen molar-refractivity contribution in [2.75, 3.05) is 0 Å². The highest BCUT2D eigenvalue weighted by Crippen LogP contribution is 2.35. The summed E-state index contributed by atoms with van der Waals surface area (Å²) in [5.41, 5.74) is 5.79. The van der Waals surface area contributed by atoms with E-state index in [0.717, 1.165) is 0 Å². The maximum absolute atomic E-state index is 13.8. The summed E-state index contributed by atoms with van der Waals surface area (Å²) in [6, 6.07) is 7.53. The lowest BCUT2D eigenvalue weighted by molar-refractivity contribution is -0.384. The Morgan fingerprint density at radius 1 is 1.33 bits per heavy atom. The highest BCUT2D eigenvalue weighted by atomic mass is 35.5. The molecule has 0 aliphatic heterocycles. The molecule has 2 rings (SSSR count). The van der Waals surface area contributed by atoms with Gasteiger partial charge in [0.25, 0.3) is 5.69 Å². The molecule has 0 bridgehead atoms. The van der Waals surface area contributed by atoms with Gasteiger partial charge in [0, 0.05) is 23.7 Å². The summed E-state index contributed by atoms with van der Waals surface area (Å²) in [4.78, 5) is 10.1. The summed E-state index contributed by atoms with van der Waals surface area (Å²) >= 11 is 5.94. The largest absolute Gasteiger partial charge is 0.455 e. The molecule has 2 N–H and O–H groups in total. The Morgan fingerprint density at radius 3 is 2.62 bits per heavy atom. The smallest absolute Gasteiger partial charge is 0.271 e. The van der Waals surface area contributed by atoms with E-state index in [2.05, 4.69) is 0 Å². The van der Waals surface area contributed by atoms with E-state index in [-0.39, 0.29) is 27.8 Å². The molecular formula is C14H12ClFN2O3. The van der Waals surface area contributed by atoms with Crippen LogP contribution >= 0.6 is 11.6 Å². The Balaban J connectivity index is 2.39. The SMILES string of the molecule is CC(N)c1c(F)cccc1Oc1ccc([N+](=O)[O-])cc1Cl. The molecule has 0 aliphatic rings. The molecule has 0 amide bonds. The van der Waals surface area contributed by atoms with Gasteiger partial charge in [-0.3, -0.25) is 10.1 Å². The second kappa shape index (κ2) is 6.07. The van der Waals surface area contributed by atoms with E-state index in [9.17, 15) is 14.5 Å². The number of halogens is 2. The first-order valence-electron chi connectivity index (χ1n) is 6.06. The number of rotatable bonds is 4. The molecule has 21 heavy (non-hydrogen) atoms. The zero-order valence-corrected chi connectivity index (χ0v) is 11.8. The van der Waals surface area contributed by atoms with Crippen molar-refractivity contribution < 1.29 is 14.1 Å². The van der Waals surface area contributed by atoms with Crippen LogP contribution in [0.15, 0.2) is 36.4 Å². The number of nitrogens with zero attached hydrogens (tertiary/aromatic N) is 1. The first-order valence-corrected chi connectivity index (χ1v) is 6.43. The van der Waals surface area contributed by atoms with E-state index in [1.807, 2.05) is 0 Å². The van der Waals surface area contributed by atoms with Crippen molar-refractivity contribution in [2.24, 2.45) is 5.73 Å². The number of nitro benzene ring substituents is 1. The fraction of sp³-hybridized carbons (Fsp3) is 0.143. The molecule has 1 unspecified atom stereocenters. The Bertz CT molecular complexity index is 692.